The number of carbonyl (C=O) groups is 2. The van der Waals surface area contributed by atoms with Gasteiger partial charge in [-0.05, 0) is 12.1 Å². The first-order chi connectivity index (χ1) is 13.1. The lowest BCUT2D eigenvalue weighted by molar-refractivity contribution is -0.116. The van der Waals surface area contributed by atoms with Crippen molar-refractivity contribution in [1.82, 2.24) is 9.88 Å². The fourth-order valence-electron chi connectivity index (χ4n) is 2.78. The number of anilines is 1. The molecule has 0 atom stereocenters. The second kappa shape index (κ2) is 8.46. The molecule has 0 spiro atoms. The molecule has 2 amide bonds. The van der Waals surface area contributed by atoms with E-state index < -0.39 is 0 Å². The van der Waals surface area contributed by atoms with Crippen LogP contribution in [0.15, 0.2) is 49.2 Å². The first-order valence-electron chi connectivity index (χ1n) is 8.58. The molecule has 0 unspecified atom stereocenters. The van der Waals surface area contributed by atoms with E-state index in [0.717, 1.165) is 5.56 Å². The molecule has 1 aliphatic heterocycles. The molecular formula is C20H21N3O4. The Hall–Kier alpha value is -3.19. The quantitative estimate of drug-likeness (QED) is 0.725. The molecule has 0 saturated heterocycles. The summed E-state index contributed by atoms with van der Waals surface area (Å²) in [6.07, 6.45) is 1.68. The standard InChI is InChI=1S/C20H21N3O4/c1-14-16-5-3-4-6-17(16)20(25)23(14)10-9-18(24)22-15-7-8-19(21-13-15)27-12-11-26-2/h3-8,13H,1,9-12H2,2H3,(H,22,24). The molecule has 7 nitrogen and oxygen atoms in total. The first kappa shape index (κ1) is 18.6. The highest BCUT2D eigenvalue weighted by Crippen LogP contribution is 2.31. The van der Waals surface area contributed by atoms with Gasteiger partial charge in [0.05, 0.1) is 18.5 Å². The Morgan fingerprint density at radius 2 is 1.96 bits per heavy atom. The minimum Gasteiger partial charge on any atom is -0.475 e. The third kappa shape index (κ3) is 4.32. The molecule has 0 saturated carbocycles. The maximum Gasteiger partial charge on any atom is 0.258 e. The molecule has 0 aliphatic carbocycles. The third-order valence-electron chi connectivity index (χ3n) is 4.16. The lowest BCUT2D eigenvalue weighted by Crippen LogP contribution is -2.27. The minimum absolute atomic E-state index is 0.123. The largest absolute Gasteiger partial charge is 0.475 e. The van der Waals surface area contributed by atoms with E-state index in [1.807, 2.05) is 18.2 Å². The highest BCUT2D eigenvalue weighted by molar-refractivity contribution is 6.09. The molecular weight excluding hydrogens is 346 g/mol. The molecule has 2 heterocycles. The number of carbonyl (C=O) groups excluding carboxylic acids is 2. The Labute approximate surface area is 157 Å². The number of methoxy groups -OCH3 is 1. The zero-order valence-corrected chi connectivity index (χ0v) is 15.1. The number of fused-ring (bicyclic) bond motifs is 1. The number of nitrogens with zero attached hydrogens (tertiary/aromatic N) is 2. The zero-order valence-electron chi connectivity index (χ0n) is 15.1. The molecule has 140 valence electrons. The smallest absolute Gasteiger partial charge is 0.258 e. The van der Waals surface area contributed by atoms with E-state index in [4.69, 9.17) is 9.47 Å². The van der Waals surface area contributed by atoms with Crippen molar-refractivity contribution in [2.75, 3.05) is 32.2 Å². The van der Waals surface area contributed by atoms with Crippen molar-refractivity contribution in [3.05, 3.63) is 60.3 Å². The van der Waals surface area contributed by atoms with Gasteiger partial charge in [-0.2, -0.15) is 0 Å². The summed E-state index contributed by atoms with van der Waals surface area (Å²) >= 11 is 0. The Kier molecular flexibility index (Phi) is 5.83. The summed E-state index contributed by atoms with van der Waals surface area (Å²) in [7, 11) is 1.60. The monoisotopic (exact) mass is 367 g/mol. The van der Waals surface area contributed by atoms with Gasteiger partial charge in [0.25, 0.3) is 5.91 Å². The topological polar surface area (TPSA) is 80.8 Å². The molecule has 3 rings (SSSR count). The Morgan fingerprint density at radius 3 is 2.63 bits per heavy atom. The van der Waals surface area contributed by atoms with E-state index in [0.29, 0.717) is 36.0 Å². The van der Waals surface area contributed by atoms with Crippen LogP contribution in [-0.4, -0.2) is 48.6 Å². The summed E-state index contributed by atoms with van der Waals surface area (Å²) < 4.78 is 10.3. The molecule has 1 aromatic heterocycles. The van der Waals surface area contributed by atoms with Gasteiger partial charge in [0.1, 0.15) is 6.61 Å². The molecule has 0 fully saturated rings. The van der Waals surface area contributed by atoms with Crippen LogP contribution >= 0.6 is 0 Å². The Morgan fingerprint density at radius 1 is 1.19 bits per heavy atom. The van der Waals surface area contributed by atoms with E-state index >= 15 is 0 Å². The van der Waals surface area contributed by atoms with Crippen LogP contribution in [0.25, 0.3) is 5.70 Å². The van der Waals surface area contributed by atoms with E-state index in [2.05, 4.69) is 16.9 Å². The van der Waals surface area contributed by atoms with E-state index in [9.17, 15) is 9.59 Å². The van der Waals surface area contributed by atoms with Crippen LogP contribution in [0, 0.1) is 0 Å². The van der Waals surface area contributed by atoms with E-state index in [-0.39, 0.29) is 24.8 Å². The number of hydrogen-bond acceptors (Lipinski definition) is 5. The second-order valence-electron chi connectivity index (χ2n) is 5.97. The molecule has 1 N–H and O–H groups in total. The molecule has 1 aliphatic rings. The van der Waals surface area contributed by atoms with Gasteiger partial charge >= 0.3 is 0 Å². The van der Waals surface area contributed by atoms with Crippen LogP contribution in [0.4, 0.5) is 5.69 Å². The number of ether oxygens (including phenoxy) is 2. The number of benzene rings is 1. The zero-order chi connectivity index (χ0) is 19.2. The van der Waals surface area contributed by atoms with Gasteiger partial charge in [-0.15, -0.1) is 0 Å². The Balaban J connectivity index is 1.50. The number of amides is 2. The molecule has 1 aromatic carbocycles. The second-order valence-corrected chi connectivity index (χ2v) is 5.97. The number of pyridine rings is 1. The van der Waals surface area contributed by atoms with Gasteiger partial charge in [0.15, 0.2) is 0 Å². The highest BCUT2D eigenvalue weighted by atomic mass is 16.5. The maximum absolute atomic E-state index is 12.4. The summed E-state index contributed by atoms with van der Waals surface area (Å²) in [5, 5.41) is 2.76. The third-order valence-corrected chi connectivity index (χ3v) is 4.16. The number of nitrogens with one attached hydrogen (secondary N) is 1. The molecule has 0 bridgehead atoms. The van der Waals surface area contributed by atoms with Crippen LogP contribution in [0.5, 0.6) is 5.88 Å². The minimum atomic E-state index is -0.207. The van der Waals surface area contributed by atoms with Gasteiger partial charge in [-0.1, -0.05) is 24.8 Å². The van der Waals surface area contributed by atoms with E-state index in [1.165, 1.54) is 11.1 Å². The van der Waals surface area contributed by atoms with Crippen molar-refractivity contribution < 1.29 is 19.1 Å². The van der Waals surface area contributed by atoms with Crippen molar-refractivity contribution in [1.29, 1.82) is 0 Å². The lowest BCUT2D eigenvalue weighted by Gasteiger charge is -2.17. The van der Waals surface area contributed by atoms with Crippen LogP contribution in [0.2, 0.25) is 0 Å². The predicted molar refractivity (Wildman–Crippen MR) is 101 cm³/mol. The van der Waals surface area contributed by atoms with Gasteiger partial charge < -0.3 is 19.7 Å². The summed E-state index contributed by atoms with van der Waals surface area (Å²) in [5.41, 5.74) is 2.63. The number of hydrogen-bond donors (Lipinski definition) is 1. The molecule has 0 radical (unpaired) electrons. The van der Waals surface area contributed by atoms with Gasteiger partial charge in [-0.25, -0.2) is 4.98 Å². The number of aromatic nitrogens is 1. The molecule has 7 heteroatoms. The SMILES string of the molecule is C=C1c2ccccc2C(=O)N1CCC(=O)Nc1ccc(OCCOC)nc1. The molecule has 27 heavy (non-hydrogen) atoms. The average Bonchev–Trinajstić information content (AvgIpc) is 2.92. The maximum atomic E-state index is 12.4. The van der Waals surface area contributed by atoms with Gasteiger partial charge in [0, 0.05) is 43.0 Å². The van der Waals surface area contributed by atoms with Crippen LogP contribution < -0.4 is 10.1 Å². The average molecular weight is 367 g/mol. The summed E-state index contributed by atoms with van der Waals surface area (Å²) in [5.74, 6) is 0.130. The molecule has 2 aromatic rings. The lowest BCUT2D eigenvalue weighted by atomic mass is 10.1. The summed E-state index contributed by atoms with van der Waals surface area (Å²) in [6, 6.07) is 10.7. The normalized spacial score (nSPS) is 12.9. The van der Waals surface area contributed by atoms with Crippen molar-refractivity contribution >= 4 is 23.2 Å². The fraction of sp³-hybridized carbons (Fsp3) is 0.250. The highest BCUT2D eigenvalue weighted by Gasteiger charge is 2.30. The summed E-state index contributed by atoms with van der Waals surface area (Å²) in [6.45, 7) is 5.12. The predicted octanol–water partition coefficient (Wildman–Crippen LogP) is 2.56. The Bertz CT molecular complexity index is 814. The van der Waals surface area contributed by atoms with Crippen molar-refractivity contribution in [3.8, 4) is 5.88 Å². The van der Waals surface area contributed by atoms with Crippen molar-refractivity contribution in [3.63, 3.8) is 0 Å². The van der Waals surface area contributed by atoms with Crippen LogP contribution in [-0.2, 0) is 9.53 Å². The van der Waals surface area contributed by atoms with Gasteiger partial charge in [-0.3, -0.25) is 9.59 Å². The van der Waals surface area contributed by atoms with Crippen LogP contribution in [0.1, 0.15) is 22.3 Å². The summed E-state index contributed by atoms with van der Waals surface area (Å²) in [4.78, 5) is 30.3. The fourth-order valence-corrected chi connectivity index (χ4v) is 2.78. The van der Waals surface area contributed by atoms with E-state index in [1.54, 1.807) is 25.3 Å². The van der Waals surface area contributed by atoms with Gasteiger partial charge in [0.2, 0.25) is 11.8 Å². The van der Waals surface area contributed by atoms with Crippen molar-refractivity contribution in [2.45, 2.75) is 6.42 Å². The first-order valence-corrected chi connectivity index (χ1v) is 8.58. The van der Waals surface area contributed by atoms with Crippen LogP contribution in [0.3, 0.4) is 0 Å². The van der Waals surface area contributed by atoms with Crippen molar-refractivity contribution in [2.24, 2.45) is 0 Å². The number of rotatable bonds is 8.